The van der Waals surface area contributed by atoms with Gasteiger partial charge in [0, 0.05) is 13.1 Å². The summed E-state index contributed by atoms with van der Waals surface area (Å²) in [4.78, 5) is 11.0. The van der Waals surface area contributed by atoms with Crippen LogP contribution in [0, 0.1) is 0 Å². The number of carbonyl (C=O) groups is 1. The highest BCUT2D eigenvalue weighted by Gasteiger charge is 2.18. The Morgan fingerprint density at radius 2 is 1.55 bits per heavy atom. The van der Waals surface area contributed by atoms with Crippen molar-refractivity contribution in [3.05, 3.63) is 24.3 Å². The maximum atomic E-state index is 12.1. The summed E-state index contributed by atoms with van der Waals surface area (Å²) in [5.74, 6) is -0.329. The quantitative estimate of drug-likeness (QED) is 0.129. The molecule has 0 atom stereocenters. The molecule has 0 aliphatic heterocycles. The van der Waals surface area contributed by atoms with Crippen LogP contribution in [0.1, 0.15) is 90.9 Å². The van der Waals surface area contributed by atoms with E-state index in [2.05, 4.69) is 51.1 Å². The van der Waals surface area contributed by atoms with Crippen LogP contribution in [0.25, 0.3) is 0 Å². The van der Waals surface area contributed by atoms with Crippen molar-refractivity contribution < 1.29 is 13.2 Å². The molecular formula is C22H36N4O3S2. The van der Waals surface area contributed by atoms with E-state index in [-0.39, 0.29) is 15.4 Å². The van der Waals surface area contributed by atoms with Gasteiger partial charge in [0.05, 0.1) is 0 Å². The Hall–Kier alpha value is -1.87. The Morgan fingerprint density at radius 1 is 0.935 bits per heavy atom. The van der Waals surface area contributed by atoms with E-state index in [0.29, 0.717) is 6.42 Å². The first-order valence-corrected chi connectivity index (χ1v) is 13.4. The van der Waals surface area contributed by atoms with Gasteiger partial charge in [-0.1, -0.05) is 74.7 Å². The number of amides is 1. The maximum absolute atomic E-state index is 12.1. The molecule has 0 bridgehead atoms. The predicted octanol–water partition coefficient (Wildman–Crippen LogP) is 6.07. The molecule has 1 aromatic heterocycles. The highest BCUT2D eigenvalue weighted by molar-refractivity contribution is 7.92. The predicted molar refractivity (Wildman–Crippen MR) is 129 cm³/mol. The average molecular weight is 469 g/mol. The van der Waals surface area contributed by atoms with E-state index in [1.807, 2.05) is 0 Å². The maximum Gasteiger partial charge on any atom is 0.311 e. The molecule has 0 unspecified atom stereocenters. The molecule has 174 valence electrons. The summed E-state index contributed by atoms with van der Waals surface area (Å²) in [7, 11) is -3.85. The molecule has 1 aromatic rings. The molecule has 9 heteroatoms. The zero-order valence-electron chi connectivity index (χ0n) is 18.8. The normalized spacial score (nSPS) is 12.5. The van der Waals surface area contributed by atoms with Crippen molar-refractivity contribution in [1.82, 2.24) is 10.2 Å². The molecule has 0 saturated heterocycles. The number of hydrogen-bond acceptors (Lipinski definition) is 6. The number of aromatic nitrogens is 2. The van der Waals surface area contributed by atoms with Gasteiger partial charge in [0.25, 0.3) is 4.34 Å². The molecule has 1 N–H and O–H groups in total. The van der Waals surface area contributed by atoms with Crippen LogP contribution in [-0.4, -0.2) is 30.7 Å². The average Bonchev–Trinajstić information content (AvgIpc) is 3.19. The molecule has 0 aliphatic rings. The van der Waals surface area contributed by atoms with Crippen LogP contribution in [0.4, 0.5) is 5.13 Å². The topological polar surface area (TPSA) is 101 Å². The Balaban J connectivity index is 2.06. The van der Waals surface area contributed by atoms with Gasteiger partial charge in [-0.3, -0.25) is 4.79 Å². The summed E-state index contributed by atoms with van der Waals surface area (Å²) < 4.78 is 27.6. The molecule has 0 aromatic carbocycles. The summed E-state index contributed by atoms with van der Waals surface area (Å²) in [6, 6.07) is 0. The third-order valence-corrected chi connectivity index (χ3v) is 6.87. The highest BCUT2D eigenvalue weighted by Crippen LogP contribution is 2.21. The second-order valence-corrected chi connectivity index (χ2v) is 10.1. The van der Waals surface area contributed by atoms with Crippen LogP contribution in [0.2, 0.25) is 0 Å². The number of rotatable bonds is 17. The molecule has 0 saturated carbocycles. The standard InChI is InChI=1S/C22H36N4O3S2/c1-3-4-5-6-7-8-9-10-11-12-13-14-15-16-17-18-19-23-31(28,29)22-26-25-21(30-22)24-20(2)27/h7-8,10-11,19H,3-6,9,12-18H2,1-2H3,(H,24,25,27)/b8-7+,11-10-,23-19?. The number of unbranched alkanes of at least 4 members (excludes halogenated alkanes) is 9. The fourth-order valence-corrected chi connectivity index (χ4v) is 4.60. The SMILES string of the molecule is CCCCC/C=C/C/C=C\CCCCCCCC=NS(=O)(=O)c1nnc(NC(C)=O)s1. The van der Waals surface area contributed by atoms with Gasteiger partial charge in [0.2, 0.25) is 11.0 Å². The minimum absolute atomic E-state index is 0.148. The second-order valence-electron chi connectivity index (χ2n) is 7.34. The zero-order valence-corrected chi connectivity index (χ0v) is 20.4. The van der Waals surface area contributed by atoms with E-state index in [1.165, 1.54) is 51.7 Å². The van der Waals surface area contributed by atoms with Gasteiger partial charge >= 0.3 is 10.0 Å². The van der Waals surface area contributed by atoms with Crippen molar-refractivity contribution in [2.24, 2.45) is 4.40 Å². The minimum Gasteiger partial charge on any atom is -0.301 e. The van der Waals surface area contributed by atoms with Crippen LogP contribution in [0.15, 0.2) is 33.0 Å². The molecule has 0 fully saturated rings. The third-order valence-electron chi connectivity index (χ3n) is 4.41. The lowest BCUT2D eigenvalue weighted by Crippen LogP contribution is -2.04. The lowest BCUT2D eigenvalue weighted by molar-refractivity contribution is -0.114. The van der Waals surface area contributed by atoms with Crippen molar-refractivity contribution in [3.63, 3.8) is 0 Å². The Kier molecular flexibility index (Phi) is 14.7. The van der Waals surface area contributed by atoms with E-state index >= 15 is 0 Å². The van der Waals surface area contributed by atoms with Crippen molar-refractivity contribution in [3.8, 4) is 0 Å². The summed E-state index contributed by atoms with van der Waals surface area (Å²) in [6.07, 6.45) is 23.8. The van der Waals surface area contributed by atoms with Crippen LogP contribution >= 0.6 is 11.3 Å². The monoisotopic (exact) mass is 468 g/mol. The van der Waals surface area contributed by atoms with Crippen molar-refractivity contribution in [2.45, 2.75) is 95.2 Å². The Labute approximate surface area is 191 Å². The second kappa shape index (κ2) is 16.8. The fraction of sp³-hybridized carbons (Fsp3) is 0.636. The number of carbonyl (C=O) groups excluding carboxylic acids is 1. The summed E-state index contributed by atoms with van der Waals surface area (Å²) >= 11 is 0.792. The summed E-state index contributed by atoms with van der Waals surface area (Å²) in [5.41, 5.74) is 0. The number of nitrogens with zero attached hydrogens (tertiary/aromatic N) is 3. The van der Waals surface area contributed by atoms with E-state index < -0.39 is 10.0 Å². The molecule has 0 aliphatic carbocycles. The number of hydrogen-bond donors (Lipinski definition) is 1. The van der Waals surface area contributed by atoms with Gasteiger partial charge in [0.1, 0.15) is 0 Å². The van der Waals surface area contributed by atoms with E-state index in [9.17, 15) is 13.2 Å². The first kappa shape index (κ1) is 27.2. The largest absolute Gasteiger partial charge is 0.311 e. The fourth-order valence-electron chi connectivity index (χ4n) is 2.76. The van der Waals surface area contributed by atoms with Gasteiger partial charge in [-0.05, 0) is 44.9 Å². The van der Waals surface area contributed by atoms with Gasteiger partial charge in [-0.25, -0.2) is 0 Å². The van der Waals surface area contributed by atoms with E-state index in [4.69, 9.17) is 0 Å². The third kappa shape index (κ3) is 13.9. The molecular weight excluding hydrogens is 432 g/mol. The van der Waals surface area contributed by atoms with Crippen LogP contribution in [0.3, 0.4) is 0 Å². The van der Waals surface area contributed by atoms with Crippen molar-refractivity contribution >= 4 is 38.6 Å². The molecule has 31 heavy (non-hydrogen) atoms. The zero-order chi connectivity index (χ0) is 22.8. The molecule has 0 spiro atoms. The summed E-state index contributed by atoms with van der Waals surface area (Å²) in [6.45, 7) is 3.54. The Bertz CT molecular complexity index is 814. The van der Waals surface area contributed by atoms with Crippen molar-refractivity contribution in [1.29, 1.82) is 0 Å². The van der Waals surface area contributed by atoms with Crippen molar-refractivity contribution in [2.75, 3.05) is 5.32 Å². The molecule has 0 radical (unpaired) electrons. The van der Waals surface area contributed by atoms with Crippen LogP contribution in [-0.2, 0) is 14.8 Å². The summed E-state index contributed by atoms with van der Waals surface area (Å²) in [5, 5.41) is 9.76. The van der Waals surface area contributed by atoms with Crippen LogP contribution in [0.5, 0.6) is 0 Å². The molecule has 7 nitrogen and oxygen atoms in total. The molecule has 1 heterocycles. The lowest BCUT2D eigenvalue weighted by Gasteiger charge is -1.98. The highest BCUT2D eigenvalue weighted by atomic mass is 32.2. The van der Waals surface area contributed by atoms with Gasteiger partial charge < -0.3 is 5.32 Å². The first-order chi connectivity index (χ1) is 15.0. The number of nitrogens with one attached hydrogen (secondary N) is 1. The first-order valence-electron chi connectivity index (χ1n) is 11.2. The van der Waals surface area contributed by atoms with Crippen LogP contribution < -0.4 is 5.32 Å². The van der Waals surface area contributed by atoms with E-state index in [0.717, 1.165) is 43.4 Å². The Morgan fingerprint density at radius 3 is 2.19 bits per heavy atom. The lowest BCUT2D eigenvalue weighted by atomic mass is 10.1. The number of anilines is 1. The molecule has 1 amide bonds. The van der Waals surface area contributed by atoms with Gasteiger partial charge in [-0.15, -0.1) is 10.2 Å². The number of sulfonamides is 1. The minimum atomic E-state index is -3.85. The molecule has 1 rings (SSSR count). The van der Waals surface area contributed by atoms with Gasteiger partial charge in [-0.2, -0.15) is 12.8 Å². The van der Waals surface area contributed by atoms with Gasteiger partial charge in [0.15, 0.2) is 0 Å². The smallest absolute Gasteiger partial charge is 0.301 e. The van der Waals surface area contributed by atoms with E-state index in [1.54, 1.807) is 0 Å². The number of allylic oxidation sites excluding steroid dienone is 4.